The van der Waals surface area contributed by atoms with Crippen molar-refractivity contribution in [3.63, 3.8) is 0 Å². The first-order valence-electron chi connectivity index (χ1n) is 7.56. The molecule has 21 heavy (non-hydrogen) atoms. The van der Waals surface area contributed by atoms with E-state index in [2.05, 4.69) is 22.9 Å². The molecule has 0 radical (unpaired) electrons. The zero-order valence-corrected chi connectivity index (χ0v) is 12.8. The van der Waals surface area contributed by atoms with E-state index in [0.29, 0.717) is 32.0 Å². The Balaban J connectivity index is 2.29. The monoisotopic (exact) mass is 301 g/mol. The number of carbonyl (C=O) groups is 2. The van der Waals surface area contributed by atoms with Crippen molar-refractivity contribution in [2.75, 3.05) is 13.1 Å². The SMILES string of the molecule is C[C@@H](CCNC(=O)O)CC(=O)N[C@H]1CC[C@@H](C)NC[C@H]1O. The van der Waals surface area contributed by atoms with Crippen molar-refractivity contribution in [1.82, 2.24) is 16.0 Å². The van der Waals surface area contributed by atoms with Crippen molar-refractivity contribution in [2.24, 2.45) is 5.92 Å². The second kappa shape index (κ2) is 8.84. The zero-order chi connectivity index (χ0) is 15.8. The maximum absolute atomic E-state index is 12.0. The van der Waals surface area contributed by atoms with Gasteiger partial charge in [0.2, 0.25) is 5.91 Å². The second-order valence-electron chi connectivity index (χ2n) is 5.96. The van der Waals surface area contributed by atoms with Crippen molar-refractivity contribution >= 4 is 12.0 Å². The third kappa shape index (κ3) is 7.29. The summed E-state index contributed by atoms with van der Waals surface area (Å²) in [6, 6.07) is 0.141. The molecule has 5 N–H and O–H groups in total. The van der Waals surface area contributed by atoms with Crippen LogP contribution in [0, 0.1) is 5.92 Å². The number of rotatable bonds is 6. The fourth-order valence-corrected chi connectivity index (χ4v) is 2.47. The summed E-state index contributed by atoms with van der Waals surface area (Å²) in [6.45, 7) is 4.81. The Morgan fingerprint density at radius 2 is 2.10 bits per heavy atom. The Labute approximate surface area is 125 Å². The van der Waals surface area contributed by atoms with Crippen LogP contribution in [-0.4, -0.2) is 53.5 Å². The summed E-state index contributed by atoms with van der Waals surface area (Å²) < 4.78 is 0. The van der Waals surface area contributed by atoms with Crippen LogP contribution >= 0.6 is 0 Å². The highest BCUT2D eigenvalue weighted by atomic mass is 16.4. The molecule has 0 aromatic rings. The summed E-state index contributed by atoms with van der Waals surface area (Å²) in [5, 5.41) is 26.9. The number of amides is 2. The van der Waals surface area contributed by atoms with Gasteiger partial charge in [0.1, 0.15) is 0 Å². The highest BCUT2D eigenvalue weighted by molar-refractivity contribution is 5.76. The van der Waals surface area contributed by atoms with Crippen molar-refractivity contribution in [3.8, 4) is 0 Å². The smallest absolute Gasteiger partial charge is 0.404 e. The molecule has 1 aliphatic heterocycles. The number of hydrogen-bond acceptors (Lipinski definition) is 4. The van der Waals surface area contributed by atoms with E-state index in [9.17, 15) is 14.7 Å². The van der Waals surface area contributed by atoms with Crippen LogP contribution in [0.3, 0.4) is 0 Å². The first kappa shape index (κ1) is 17.7. The fraction of sp³-hybridized carbons (Fsp3) is 0.857. The Hall–Kier alpha value is -1.34. The van der Waals surface area contributed by atoms with E-state index in [1.54, 1.807) is 0 Å². The number of carbonyl (C=O) groups excluding carboxylic acids is 1. The highest BCUT2D eigenvalue weighted by Gasteiger charge is 2.25. The minimum absolute atomic E-state index is 0.0866. The molecular formula is C14H27N3O4. The lowest BCUT2D eigenvalue weighted by Gasteiger charge is -2.22. The van der Waals surface area contributed by atoms with Crippen LogP contribution in [0.5, 0.6) is 0 Å². The van der Waals surface area contributed by atoms with Gasteiger partial charge in [0.15, 0.2) is 0 Å². The van der Waals surface area contributed by atoms with Gasteiger partial charge in [-0.05, 0) is 32.1 Å². The van der Waals surface area contributed by atoms with E-state index in [-0.39, 0.29) is 17.9 Å². The van der Waals surface area contributed by atoms with Gasteiger partial charge in [-0.2, -0.15) is 0 Å². The summed E-state index contributed by atoms with van der Waals surface area (Å²) in [6.07, 6.45) is 1.02. The van der Waals surface area contributed by atoms with E-state index >= 15 is 0 Å². The number of aliphatic hydroxyl groups is 1. The largest absolute Gasteiger partial charge is 0.465 e. The summed E-state index contributed by atoms with van der Waals surface area (Å²) in [5.41, 5.74) is 0. The van der Waals surface area contributed by atoms with Crippen LogP contribution < -0.4 is 16.0 Å². The molecule has 0 aliphatic carbocycles. The number of β-amino-alcohol motifs (C(OH)–C–C–N with tert-alkyl or cyclic N) is 1. The molecule has 7 heteroatoms. The van der Waals surface area contributed by atoms with Crippen molar-refractivity contribution in [2.45, 2.75) is 57.7 Å². The molecule has 7 nitrogen and oxygen atoms in total. The van der Waals surface area contributed by atoms with Crippen LogP contribution in [0.15, 0.2) is 0 Å². The van der Waals surface area contributed by atoms with Crippen LogP contribution in [0.1, 0.15) is 39.5 Å². The minimum Gasteiger partial charge on any atom is -0.465 e. The van der Waals surface area contributed by atoms with Gasteiger partial charge in [0.25, 0.3) is 0 Å². The van der Waals surface area contributed by atoms with Crippen LogP contribution in [-0.2, 0) is 4.79 Å². The molecule has 0 unspecified atom stereocenters. The van der Waals surface area contributed by atoms with Gasteiger partial charge in [0.05, 0.1) is 12.1 Å². The molecule has 0 aromatic carbocycles. The van der Waals surface area contributed by atoms with Gasteiger partial charge < -0.3 is 26.2 Å². The summed E-state index contributed by atoms with van der Waals surface area (Å²) in [7, 11) is 0. The van der Waals surface area contributed by atoms with Gasteiger partial charge in [-0.3, -0.25) is 4.79 Å². The number of aliphatic hydroxyl groups excluding tert-OH is 1. The second-order valence-corrected chi connectivity index (χ2v) is 5.96. The normalized spacial score (nSPS) is 27.5. The predicted octanol–water partition coefficient (Wildman–Crippen LogP) is 0.288. The maximum atomic E-state index is 12.0. The minimum atomic E-state index is -1.05. The lowest BCUT2D eigenvalue weighted by Crippen LogP contribution is -2.46. The zero-order valence-electron chi connectivity index (χ0n) is 12.8. The molecular weight excluding hydrogens is 274 g/mol. The molecule has 122 valence electrons. The van der Waals surface area contributed by atoms with Gasteiger partial charge in [-0.1, -0.05) is 6.92 Å². The van der Waals surface area contributed by atoms with Crippen molar-refractivity contribution in [1.29, 1.82) is 0 Å². The maximum Gasteiger partial charge on any atom is 0.404 e. The Kier molecular flexibility index (Phi) is 7.45. The molecule has 1 aliphatic rings. The summed E-state index contributed by atoms with van der Waals surface area (Å²) in [4.78, 5) is 22.3. The van der Waals surface area contributed by atoms with E-state index in [1.165, 1.54) is 0 Å². The average molecular weight is 301 g/mol. The van der Waals surface area contributed by atoms with E-state index in [1.807, 2.05) is 6.92 Å². The molecule has 0 saturated carbocycles. The molecule has 1 rings (SSSR count). The quantitative estimate of drug-likeness (QED) is 0.484. The molecule has 0 aromatic heterocycles. The summed E-state index contributed by atoms with van der Waals surface area (Å²) >= 11 is 0. The van der Waals surface area contributed by atoms with Gasteiger partial charge in [-0.25, -0.2) is 4.79 Å². The molecule has 1 saturated heterocycles. The number of nitrogens with one attached hydrogen (secondary N) is 3. The standard InChI is InChI=1S/C14H27N3O4/c1-9(5-6-15-14(20)21)7-13(19)17-11-4-3-10(2)16-8-12(11)18/h9-12,15-16,18H,3-8H2,1-2H3,(H,17,19)(H,20,21)/t9-,10+,11-,12+/m0/s1. The Bertz CT molecular complexity index is 351. The van der Waals surface area contributed by atoms with Crippen LogP contribution in [0.4, 0.5) is 4.79 Å². The lowest BCUT2D eigenvalue weighted by molar-refractivity contribution is -0.123. The lowest BCUT2D eigenvalue weighted by atomic mass is 10.0. The fourth-order valence-electron chi connectivity index (χ4n) is 2.47. The first-order chi connectivity index (χ1) is 9.88. The van der Waals surface area contributed by atoms with Crippen LogP contribution in [0.2, 0.25) is 0 Å². The molecule has 4 atom stereocenters. The summed E-state index contributed by atoms with van der Waals surface area (Å²) in [5.74, 6) is 0.00764. The Morgan fingerprint density at radius 3 is 2.76 bits per heavy atom. The molecule has 1 fully saturated rings. The topological polar surface area (TPSA) is 111 Å². The van der Waals surface area contributed by atoms with Crippen molar-refractivity contribution in [3.05, 3.63) is 0 Å². The number of hydrogen-bond donors (Lipinski definition) is 5. The van der Waals surface area contributed by atoms with Gasteiger partial charge in [-0.15, -0.1) is 0 Å². The van der Waals surface area contributed by atoms with E-state index in [0.717, 1.165) is 12.8 Å². The molecule has 0 bridgehead atoms. The third-order valence-electron chi connectivity index (χ3n) is 3.84. The van der Waals surface area contributed by atoms with Crippen molar-refractivity contribution < 1.29 is 19.8 Å². The van der Waals surface area contributed by atoms with Gasteiger partial charge >= 0.3 is 6.09 Å². The van der Waals surface area contributed by atoms with Gasteiger partial charge in [0, 0.05) is 25.6 Å². The highest BCUT2D eigenvalue weighted by Crippen LogP contribution is 2.12. The molecule has 2 amide bonds. The van der Waals surface area contributed by atoms with Crippen LogP contribution in [0.25, 0.3) is 0 Å². The number of carboxylic acid groups (broad SMARTS) is 1. The average Bonchev–Trinajstić information content (AvgIpc) is 2.53. The predicted molar refractivity (Wildman–Crippen MR) is 79.1 cm³/mol. The molecule has 0 spiro atoms. The first-order valence-corrected chi connectivity index (χ1v) is 7.56. The Morgan fingerprint density at radius 1 is 1.38 bits per heavy atom. The van der Waals surface area contributed by atoms with E-state index in [4.69, 9.17) is 5.11 Å². The molecule has 1 heterocycles. The van der Waals surface area contributed by atoms with E-state index < -0.39 is 12.2 Å². The third-order valence-corrected chi connectivity index (χ3v) is 3.84.